The molecule has 0 rings (SSSR count). The zero-order valence-electron chi connectivity index (χ0n) is 24.4. The smallest absolute Gasteiger partial charge is 0.373 e. The van der Waals surface area contributed by atoms with E-state index in [1.54, 1.807) is 0 Å². The summed E-state index contributed by atoms with van der Waals surface area (Å²) in [4.78, 5) is 56.1. The van der Waals surface area contributed by atoms with Crippen molar-refractivity contribution in [2.24, 2.45) is 11.8 Å². The van der Waals surface area contributed by atoms with E-state index in [1.807, 2.05) is 0 Å². The normalized spacial score (nSPS) is 12.8. The molecule has 0 aliphatic carbocycles. The van der Waals surface area contributed by atoms with Gasteiger partial charge in [-0.15, -0.1) is 0 Å². The van der Waals surface area contributed by atoms with Crippen LogP contribution in [0.3, 0.4) is 0 Å². The first-order valence-corrected chi connectivity index (χ1v) is 21.6. The van der Waals surface area contributed by atoms with E-state index in [4.69, 9.17) is 36.9 Å². The number of carbonyl (C=O) groups is 2. The maximum absolute atomic E-state index is 12.0. The Labute approximate surface area is 225 Å². The summed E-state index contributed by atoms with van der Waals surface area (Å²) in [5.74, 6) is -0.411. The maximum atomic E-state index is 12.0. The van der Waals surface area contributed by atoms with Crippen LogP contribution in [0.5, 0.6) is 0 Å². The fourth-order valence-electron chi connectivity index (χ4n) is 4.06. The van der Waals surface area contributed by atoms with Crippen molar-refractivity contribution in [3.63, 3.8) is 0 Å². The number of rotatable bonds is 16. The Morgan fingerprint density at radius 1 is 0.757 bits per heavy atom. The van der Waals surface area contributed by atoms with Gasteiger partial charge in [0.1, 0.15) is 0 Å². The van der Waals surface area contributed by atoms with Crippen molar-refractivity contribution in [1.29, 1.82) is 0 Å². The largest absolute Gasteiger partial charge is 0.469 e. The Morgan fingerprint density at radius 3 is 1.51 bits per heavy atom. The van der Waals surface area contributed by atoms with Gasteiger partial charge in [-0.2, -0.15) is 19.2 Å². The van der Waals surface area contributed by atoms with Crippen molar-refractivity contribution in [2.75, 3.05) is 14.2 Å². The van der Waals surface area contributed by atoms with Gasteiger partial charge in [-0.05, 0) is 63.7 Å². The second-order valence-corrected chi connectivity index (χ2v) is 23.1. The molecule has 0 aliphatic heterocycles. The lowest BCUT2D eigenvalue weighted by Gasteiger charge is -2.39. The first-order valence-electron chi connectivity index (χ1n) is 12.5. The number of methoxy groups -OCH3 is 2. The molecule has 0 saturated carbocycles. The Hall–Kier alpha value is -1.73. The van der Waals surface area contributed by atoms with E-state index >= 15 is 0 Å². The molecule has 2 unspecified atom stereocenters. The van der Waals surface area contributed by atoms with Crippen LogP contribution in [0.15, 0.2) is 0 Å². The molecule has 0 aromatic heterocycles. The molecule has 0 amide bonds. The molecule has 13 heteroatoms. The third-order valence-corrected chi connectivity index (χ3v) is 17.2. The van der Waals surface area contributed by atoms with E-state index in [-0.39, 0.29) is 30.7 Å². The minimum Gasteiger partial charge on any atom is -0.469 e. The van der Waals surface area contributed by atoms with Crippen LogP contribution in [-0.2, 0) is 46.5 Å². The average Bonchev–Trinajstić information content (AvgIpc) is 2.76. The molecule has 0 bridgehead atoms. The van der Waals surface area contributed by atoms with Crippen molar-refractivity contribution in [2.45, 2.75) is 104 Å². The Balaban J connectivity index is -0.00000174. The molecule has 0 radical (unpaired) electrons. The van der Waals surface area contributed by atoms with Crippen LogP contribution in [0.1, 0.15) is 52.4 Å². The highest BCUT2D eigenvalue weighted by atomic mass is 28.5. The third kappa shape index (κ3) is 24.4. The minimum absolute atomic E-state index is 0.0613. The molecule has 216 valence electrons. The average molecular weight is 581 g/mol. The molecule has 2 atom stereocenters. The van der Waals surface area contributed by atoms with Crippen LogP contribution in [0.25, 0.3) is 0 Å². The summed E-state index contributed by atoms with van der Waals surface area (Å²) in [6.07, 6.45) is 5.71. The molecule has 0 fully saturated rings. The lowest BCUT2D eigenvalue weighted by molar-refractivity contribution is -0.193. The van der Waals surface area contributed by atoms with Crippen molar-refractivity contribution >= 4 is 49.4 Å². The summed E-state index contributed by atoms with van der Waals surface area (Å²) >= 11 is 0. The van der Waals surface area contributed by atoms with Gasteiger partial charge in [-0.25, -0.2) is 0 Å². The van der Waals surface area contributed by atoms with Crippen LogP contribution in [0.4, 0.5) is 0 Å². The van der Waals surface area contributed by atoms with Gasteiger partial charge >= 0.3 is 32.8 Å². The predicted molar refractivity (Wildman–Crippen MR) is 144 cm³/mol. The zero-order valence-corrected chi connectivity index (χ0v) is 27.4. The van der Waals surface area contributed by atoms with Crippen LogP contribution in [0.2, 0.25) is 51.4 Å². The molecular weight excluding hydrogens is 533 g/mol. The van der Waals surface area contributed by atoms with E-state index < -0.39 is 31.1 Å². The Morgan fingerprint density at radius 2 is 1.16 bits per heavy atom. The lowest BCUT2D eigenvalue weighted by atomic mass is 10.0. The second kappa shape index (κ2) is 21.2. The van der Waals surface area contributed by atoms with Gasteiger partial charge in [0.2, 0.25) is 0 Å². The summed E-state index contributed by atoms with van der Waals surface area (Å²) in [7, 11) is -3.27. The summed E-state index contributed by atoms with van der Waals surface area (Å²) in [6, 6.07) is 2.09. The first-order chi connectivity index (χ1) is 17.0. The van der Waals surface area contributed by atoms with E-state index in [1.165, 1.54) is 39.5 Å². The molecule has 0 N–H and O–H groups in total. The molecule has 0 aliphatic rings. The number of hydrogen-bond donors (Lipinski definition) is 0. The van der Waals surface area contributed by atoms with Gasteiger partial charge in [-0.3, -0.25) is 9.59 Å². The van der Waals surface area contributed by atoms with E-state index in [9.17, 15) is 9.59 Å². The second-order valence-electron chi connectivity index (χ2n) is 10.6. The van der Waals surface area contributed by atoms with Gasteiger partial charge in [-0.1, -0.05) is 39.5 Å². The molecule has 0 saturated heterocycles. The van der Waals surface area contributed by atoms with Gasteiger partial charge in [0, 0.05) is 0 Å². The van der Waals surface area contributed by atoms with Crippen LogP contribution in [-0.4, -0.2) is 63.7 Å². The monoisotopic (exact) mass is 580 g/mol. The van der Waals surface area contributed by atoms with Crippen molar-refractivity contribution < 1.29 is 46.5 Å². The number of esters is 2. The highest BCUT2D eigenvalue weighted by molar-refractivity contribution is 6.87. The zero-order chi connectivity index (χ0) is 29.7. The Bertz CT molecular complexity index is 702. The maximum Gasteiger partial charge on any atom is 0.373 e. The van der Waals surface area contributed by atoms with Crippen molar-refractivity contribution in [1.82, 2.24) is 0 Å². The highest BCUT2D eigenvalue weighted by Crippen LogP contribution is 2.28. The summed E-state index contributed by atoms with van der Waals surface area (Å²) in [5, 5.41) is 0. The van der Waals surface area contributed by atoms with Crippen molar-refractivity contribution in [3.05, 3.63) is 0 Å². The molecule has 37 heavy (non-hydrogen) atoms. The van der Waals surface area contributed by atoms with Crippen LogP contribution in [0, 0.1) is 11.8 Å². The number of ether oxygens (including phenoxy) is 2. The molecular formula is C24H48O10Si3. The lowest BCUT2D eigenvalue weighted by Crippen LogP contribution is -2.52. The van der Waals surface area contributed by atoms with E-state index in [0.29, 0.717) is 6.42 Å². The topological polar surface area (TPSA) is 139 Å². The van der Waals surface area contributed by atoms with Gasteiger partial charge in [0.25, 0.3) is 0 Å². The van der Waals surface area contributed by atoms with Gasteiger partial charge in [0.05, 0.1) is 26.6 Å². The van der Waals surface area contributed by atoms with Crippen LogP contribution < -0.4 is 0 Å². The summed E-state index contributed by atoms with van der Waals surface area (Å²) in [5.41, 5.74) is 0. The first kappa shape index (κ1) is 39.8. The third-order valence-electron chi connectivity index (χ3n) is 5.72. The molecule has 0 heterocycles. The van der Waals surface area contributed by atoms with Crippen LogP contribution >= 0.6 is 0 Å². The Kier molecular flexibility index (Phi) is 22.8. The minimum atomic E-state index is -2.24. The molecule has 0 aromatic carbocycles. The fourth-order valence-corrected chi connectivity index (χ4v) is 18.2. The molecule has 10 nitrogen and oxygen atoms in total. The predicted octanol–water partition coefficient (Wildman–Crippen LogP) is 4.92. The quantitative estimate of drug-likeness (QED) is 0.182. The number of hydrogen-bond acceptors (Lipinski definition) is 10. The van der Waals surface area contributed by atoms with E-state index in [0.717, 1.165) is 18.4 Å². The van der Waals surface area contributed by atoms with Gasteiger partial charge < -0.3 is 17.7 Å². The SMILES string of the molecule is CCC(C)CCC[Si](C)(C)O[Si](C)(C)O[Si](C)(C)CCCC(CC(=O)OC)C(=O)OC.O=C=O.O=C=O. The molecule has 0 aromatic rings. The summed E-state index contributed by atoms with van der Waals surface area (Å²) in [6.45, 7) is 18.0. The fraction of sp³-hybridized carbons (Fsp3) is 0.833. The highest BCUT2D eigenvalue weighted by Gasteiger charge is 2.39. The van der Waals surface area contributed by atoms with E-state index in [2.05, 4.69) is 53.1 Å². The molecule has 0 spiro atoms. The number of carbonyl (C=O) groups excluding carboxylic acids is 6. The van der Waals surface area contributed by atoms with Crippen molar-refractivity contribution in [3.8, 4) is 0 Å². The summed E-state index contributed by atoms with van der Waals surface area (Å²) < 4.78 is 22.9. The van der Waals surface area contributed by atoms with Gasteiger partial charge in [0.15, 0.2) is 16.6 Å². The standard InChI is InChI=1S/C22H48O6Si3.2CO2/c1-11-19(2)14-12-16-29(5,6)27-31(9,10)28-30(7,8)17-13-15-20(22(24)26-4)18-21(23)25-3;2*2-1-3/h19-20H,11-18H2,1-10H3;;.